The second-order valence-electron chi connectivity index (χ2n) is 6.66. The van der Waals surface area contributed by atoms with Gasteiger partial charge in [0.05, 0.1) is 19.5 Å². The van der Waals surface area contributed by atoms with Crippen molar-refractivity contribution < 1.29 is 13.2 Å². The predicted octanol–water partition coefficient (Wildman–Crippen LogP) is 1.48. The first-order chi connectivity index (χ1) is 10.4. The normalized spacial score (nSPS) is 31.6. The van der Waals surface area contributed by atoms with Crippen LogP contribution in [0.4, 0.5) is 0 Å². The zero-order chi connectivity index (χ0) is 15.8. The highest BCUT2D eigenvalue weighted by atomic mass is 32.2. The summed E-state index contributed by atoms with van der Waals surface area (Å²) >= 11 is 1.78. The minimum absolute atomic E-state index is 0.0865. The highest BCUT2D eigenvalue weighted by molar-refractivity contribution is 7.88. The summed E-state index contributed by atoms with van der Waals surface area (Å²) in [4.78, 5) is 3.80. The van der Waals surface area contributed by atoms with Crippen molar-refractivity contribution in [2.45, 2.75) is 13.5 Å². The van der Waals surface area contributed by atoms with Gasteiger partial charge in [0.2, 0.25) is 10.0 Å². The predicted molar refractivity (Wildman–Crippen MR) is 88.4 cm³/mol. The SMILES string of the molecule is C[C@H]1CN(Cc2cccs2)C[C@@]12COCCN(S(C)(=O)=O)C2. The lowest BCUT2D eigenvalue weighted by Gasteiger charge is -2.34. The molecule has 7 heteroatoms. The van der Waals surface area contributed by atoms with Crippen LogP contribution >= 0.6 is 11.3 Å². The van der Waals surface area contributed by atoms with Crippen molar-refractivity contribution in [2.75, 3.05) is 45.6 Å². The fourth-order valence-electron chi connectivity index (χ4n) is 3.58. The van der Waals surface area contributed by atoms with Crippen molar-refractivity contribution in [1.82, 2.24) is 9.21 Å². The smallest absolute Gasteiger partial charge is 0.211 e. The number of thiophene rings is 1. The van der Waals surface area contributed by atoms with Gasteiger partial charge in [-0.1, -0.05) is 13.0 Å². The van der Waals surface area contributed by atoms with E-state index in [0.717, 1.165) is 19.6 Å². The maximum absolute atomic E-state index is 12.0. The Morgan fingerprint density at radius 3 is 2.95 bits per heavy atom. The number of rotatable bonds is 3. The molecule has 1 aromatic rings. The minimum Gasteiger partial charge on any atom is -0.379 e. The van der Waals surface area contributed by atoms with Gasteiger partial charge in [0.1, 0.15) is 0 Å². The molecule has 0 bridgehead atoms. The van der Waals surface area contributed by atoms with Crippen LogP contribution in [-0.4, -0.2) is 63.3 Å². The summed E-state index contributed by atoms with van der Waals surface area (Å²) in [5.41, 5.74) is -0.0865. The van der Waals surface area contributed by atoms with Crippen molar-refractivity contribution in [3.8, 4) is 0 Å². The second kappa shape index (κ2) is 6.20. The molecule has 2 aliphatic heterocycles. The average molecular weight is 345 g/mol. The van der Waals surface area contributed by atoms with Gasteiger partial charge in [0, 0.05) is 43.0 Å². The average Bonchev–Trinajstić information content (AvgIpc) is 2.94. The summed E-state index contributed by atoms with van der Waals surface area (Å²) in [7, 11) is -3.17. The van der Waals surface area contributed by atoms with Crippen molar-refractivity contribution in [3.05, 3.63) is 22.4 Å². The Morgan fingerprint density at radius 1 is 1.45 bits per heavy atom. The van der Waals surface area contributed by atoms with Crippen molar-refractivity contribution in [1.29, 1.82) is 0 Å². The van der Waals surface area contributed by atoms with E-state index >= 15 is 0 Å². The third kappa shape index (κ3) is 3.38. The van der Waals surface area contributed by atoms with Crippen molar-refractivity contribution in [3.63, 3.8) is 0 Å². The van der Waals surface area contributed by atoms with Gasteiger partial charge in [-0.2, -0.15) is 4.31 Å². The van der Waals surface area contributed by atoms with Gasteiger partial charge in [0.25, 0.3) is 0 Å². The molecule has 0 N–H and O–H groups in total. The molecule has 2 fully saturated rings. The second-order valence-corrected chi connectivity index (χ2v) is 9.68. The highest BCUT2D eigenvalue weighted by Crippen LogP contribution is 2.39. The van der Waals surface area contributed by atoms with E-state index in [2.05, 4.69) is 29.3 Å². The van der Waals surface area contributed by atoms with Crippen LogP contribution in [0.25, 0.3) is 0 Å². The molecule has 1 spiro atoms. The monoisotopic (exact) mass is 344 g/mol. The van der Waals surface area contributed by atoms with Gasteiger partial charge in [-0.3, -0.25) is 4.90 Å². The summed E-state index contributed by atoms with van der Waals surface area (Å²) in [6.45, 7) is 7.27. The van der Waals surface area contributed by atoms with Crippen molar-refractivity contribution in [2.24, 2.45) is 11.3 Å². The van der Waals surface area contributed by atoms with Crippen LogP contribution in [0.5, 0.6) is 0 Å². The van der Waals surface area contributed by atoms with E-state index in [1.165, 1.54) is 11.1 Å². The number of hydrogen-bond acceptors (Lipinski definition) is 5. The first kappa shape index (κ1) is 16.4. The molecule has 1 aromatic heterocycles. The van der Waals surface area contributed by atoms with Crippen LogP contribution < -0.4 is 0 Å². The molecule has 3 heterocycles. The van der Waals surface area contributed by atoms with Gasteiger partial charge in [-0.25, -0.2) is 8.42 Å². The molecule has 0 unspecified atom stereocenters. The Labute approximate surface area is 136 Å². The number of nitrogens with zero attached hydrogens (tertiary/aromatic N) is 2. The zero-order valence-corrected chi connectivity index (χ0v) is 14.8. The van der Waals surface area contributed by atoms with E-state index in [4.69, 9.17) is 4.74 Å². The first-order valence-corrected chi connectivity index (χ1v) is 10.4. The van der Waals surface area contributed by atoms with Gasteiger partial charge in [-0.05, 0) is 17.4 Å². The number of ether oxygens (including phenoxy) is 1. The largest absolute Gasteiger partial charge is 0.379 e. The molecule has 5 nitrogen and oxygen atoms in total. The van der Waals surface area contributed by atoms with E-state index in [1.807, 2.05) is 0 Å². The summed E-state index contributed by atoms with van der Waals surface area (Å²) in [5, 5.41) is 2.10. The summed E-state index contributed by atoms with van der Waals surface area (Å²) in [5.74, 6) is 0.426. The number of likely N-dealkylation sites (tertiary alicyclic amines) is 1. The Bertz CT molecular complexity index is 602. The highest BCUT2D eigenvalue weighted by Gasteiger charge is 2.47. The Balaban J connectivity index is 1.76. The zero-order valence-electron chi connectivity index (χ0n) is 13.2. The summed E-state index contributed by atoms with van der Waals surface area (Å²) < 4.78 is 31.3. The fraction of sp³-hybridized carbons (Fsp3) is 0.733. The Kier molecular flexibility index (Phi) is 4.62. The topological polar surface area (TPSA) is 49.9 Å². The molecule has 2 aliphatic rings. The first-order valence-electron chi connectivity index (χ1n) is 7.67. The van der Waals surface area contributed by atoms with E-state index in [9.17, 15) is 8.42 Å². The van der Waals surface area contributed by atoms with Gasteiger partial charge < -0.3 is 4.74 Å². The number of sulfonamides is 1. The third-order valence-corrected chi connectivity index (χ3v) is 7.02. The van der Waals surface area contributed by atoms with Crippen LogP contribution in [-0.2, 0) is 21.3 Å². The van der Waals surface area contributed by atoms with Crippen LogP contribution in [0, 0.1) is 11.3 Å². The third-order valence-electron chi connectivity index (χ3n) is 4.91. The molecule has 22 heavy (non-hydrogen) atoms. The van der Waals surface area contributed by atoms with E-state index in [1.54, 1.807) is 15.6 Å². The van der Waals surface area contributed by atoms with Gasteiger partial charge in [0.15, 0.2) is 0 Å². The molecule has 3 rings (SSSR count). The Hall–Kier alpha value is -0.470. The van der Waals surface area contributed by atoms with Crippen LogP contribution in [0.3, 0.4) is 0 Å². The summed E-state index contributed by atoms with van der Waals surface area (Å²) in [6, 6.07) is 4.24. The van der Waals surface area contributed by atoms with Crippen LogP contribution in [0.2, 0.25) is 0 Å². The van der Waals surface area contributed by atoms with Crippen molar-refractivity contribution >= 4 is 21.4 Å². The lowest BCUT2D eigenvalue weighted by molar-refractivity contribution is 0.0530. The molecular formula is C15H24N2O3S2. The Morgan fingerprint density at radius 2 is 2.27 bits per heavy atom. The molecule has 2 atom stereocenters. The molecular weight excluding hydrogens is 320 g/mol. The molecule has 0 radical (unpaired) electrons. The molecule has 0 saturated carbocycles. The van der Waals surface area contributed by atoms with Crippen LogP contribution in [0.15, 0.2) is 17.5 Å². The van der Waals surface area contributed by atoms with Gasteiger partial charge in [-0.15, -0.1) is 11.3 Å². The number of hydrogen-bond donors (Lipinski definition) is 0. The van der Waals surface area contributed by atoms with E-state index < -0.39 is 10.0 Å². The maximum Gasteiger partial charge on any atom is 0.211 e. The molecule has 124 valence electrons. The maximum atomic E-state index is 12.0. The van der Waals surface area contributed by atoms with Gasteiger partial charge >= 0.3 is 0 Å². The molecule has 0 aliphatic carbocycles. The fourth-order valence-corrected chi connectivity index (χ4v) is 5.23. The molecule has 0 aromatic carbocycles. The molecule has 0 amide bonds. The minimum atomic E-state index is -3.17. The standard InChI is InChI=1S/C15H24N2O3S2/c1-13-8-16(9-14-4-3-7-21-14)10-15(13)11-17(22(2,18)19)5-6-20-12-15/h3-4,7,13H,5-6,8-12H2,1-2H3/t13-,15+/m0/s1. The van der Waals surface area contributed by atoms with E-state index in [0.29, 0.717) is 32.2 Å². The lowest BCUT2D eigenvalue weighted by atomic mass is 9.80. The molecule has 2 saturated heterocycles. The quantitative estimate of drug-likeness (QED) is 0.833. The lowest BCUT2D eigenvalue weighted by Crippen LogP contribution is -2.45. The van der Waals surface area contributed by atoms with Crippen LogP contribution in [0.1, 0.15) is 11.8 Å². The van der Waals surface area contributed by atoms with E-state index in [-0.39, 0.29) is 5.41 Å². The summed E-state index contributed by atoms with van der Waals surface area (Å²) in [6.07, 6.45) is 1.30.